The molecule has 0 radical (unpaired) electrons. The number of benzene rings is 1. The number of hydrogen-bond donors (Lipinski definition) is 1. The number of hydrogen-bond acceptors (Lipinski definition) is 2. The summed E-state index contributed by atoms with van der Waals surface area (Å²) in [6, 6.07) is 8.83. The Morgan fingerprint density at radius 2 is 2.06 bits per heavy atom. The Morgan fingerprint density at radius 1 is 1.29 bits per heavy atom. The van der Waals surface area contributed by atoms with Gasteiger partial charge in [0.1, 0.15) is 5.75 Å². The van der Waals surface area contributed by atoms with Gasteiger partial charge in [0.15, 0.2) is 0 Å². The van der Waals surface area contributed by atoms with E-state index in [1.54, 1.807) is 0 Å². The van der Waals surface area contributed by atoms with Crippen molar-refractivity contribution in [2.75, 3.05) is 13.7 Å². The summed E-state index contributed by atoms with van der Waals surface area (Å²) in [7, 11) is 2.03. The van der Waals surface area contributed by atoms with E-state index in [2.05, 4.69) is 37.4 Å². The van der Waals surface area contributed by atoms with E-state index in [9.17, 15) is 0 Å². The van der Waals surface area contributed by atoms with E-state index in [-0.39, 0.29) is 0 Å². The van der Waals surface area contributed by atoms with Crippen LogP contribution in [0.1, 0.15) is 45.2 Å². The quantitative estimate of drug-likeness (QED) is 0.776. The van der Waals surface area contributed by atoms with Gasteiger partial charge in [-0.3, -0.25) is 0 Å². The second-order valence-electron chi connectivity index (χ2n) is 4.60. The van der Waals surface area contributed by atoms with Crippen LogP contribution in [0, 0.1) is 5.92 Å². The van der Waals surface area contributed by atoms with Crippen molar-refractivity contribution >= 4 is 0 Å². The summed E-state index contributed by atoms with van der Waals surface area (Å²) in [5.74, 6) is 1.71. The molecule has 2 heteroatoms. The third kappa shape index (κ3) is 4.39. The van der Waals surface area contributed by atoms with Crippen LogP contribution in [0.5, 0.6) is 5.75 Å². The topological polar surface area (TPSA) is 21.3 Å². The Kier molecular flexibility index (Phi) is 6.06. The molecule has 1 N–H and O–H groups in total. The standard InChI is InChI=1S/C15H25NO/c1-5-12(3)10-15(16-4)13-8-7-9-14(11-13)17-6-2/h7-9,11-12,15-16H,5-6,10H2,1-4H3. The van der Waals surface area contributed by atoms with Crippen LogP contribution in [0.15, 0.2) is 24.3 Å². The number of nitrogens with one attached hydrogen (secondary N) is 1. The van der Waals surface area contributed by atoms with Crippen LogP contribution in [0.3, 0.4) is 0 Å². The molecule has 1 aromatic carbocycles. The van der Waals surface area contributed by atoms with Gasteiger partial charge in [-0.05, 0) is 44.0 Å². The van der Waals surface area contributed by atoms with Crippen molar-refractivity contribution in [2.45, 2.75) is 39.7 Å². The number of ether oxygens (including phenoxy) is 1. The molecule has 0 aliphatic rings. The van der Waals surface area contributed by atoms with Gasteiger partial charge in [-0.1, -0.05) is 32.4 Å². The van der Waals surface area contributed by atoms with Gasteiger partial charge in [0.05, 0.1) is 6.61 Å². The maximum atomic E-state index is 5.54. The van der Waals surface area contributed by atoms with Crippen molar-refractivity contribution < 1.29 is 4.74 Å². The molecule has 96 valence electrons. The van der Waals surface area contributed by atoms with E-state index in [1.807, 2.05) is 20.0 Å². The summed E-state index contributed by atoms with van der Waals surface area (Å²) in [6.45, 7) is 7.28. The Labute approximate surface area is 105 Å². The zero-order valence-corrected chi connectivity index (χ0v) is 11.5. The molecule has 0 saturated carbocycles. The van der Waals surface area contributed by atoms with E-state index < -0.39 is 0 Å². The minimum Gasteiger partial charge on any atom is -0.494 e. The first kappa shape index (κ1) is 14.0. The summed E-state index contributed by atoms with van der Waals surface area (Å²) in [5, 5.41) is 3.40. The summed E-state index contributed by atoms with van der Waals surface area (Å²) < 4.78 is 5.54. The first-order valence-corrected chi connectivity index (χ1v) is 6.61. The normalized spacial score (nSPS) is 14.4. The van der Waals surface area contributed by atoms with Gasteiger partial charge in [0, 0.05) is 6.04 Å². The van der Waals surface area contributed by atoms with Gasteiger partial charge in [0.25, 0.3) is 0 Å². The molecule has 2 unspecified atom stereocenters. The average molecular weight is 235 g/mol. The SMILES string of the molecule is CCOc1cccc(C(CC(C)CC)NC)c1. The van der Waals surface area contributed by atoms with Crippen molar-refractivity contribution in [3.63, 3.8) is 0 Å². The highest BCUT2D eigenvalue weighted by Crippen LogP contribution is 2.25. The average Bonchev–Trinajstić information content (AvgIpc) is 2.36. The molecule has 0 bridgehead atoms. The Hall–Kier alpha value is -1.02. The highest BCUT2D eigenvalue weighted by Gasteiger charge is 2.13. The molecule has 0 spiro atoms. The van der Waals surface area contributed by atoms with Crippen LogP contribution in [-0.2, 0) is 0 Å². The Morgan fingerprint density at radius 3 is 2.65 bits per heavy atom. The van der Waals surface area contributed by atoms with E-state index in [1.165, 1.54) is 18.4 Å². The van der Waals surface area contributed by atoms with Crippen LogP contribution in [0.2, 0.25) is 0 Å². The fourth-order valence-corrected chi connectivity index (χ4v) is 1.98. The fraction of sp³-hybridized carbons (Fsp3) is 0.600. The van der Waals surface area contributed by atoms with Crippen molar-refractivity contribution in [2.24, 2.45) is 5.92 Å². The summed E-state index contributed by atoms with van der Waals surface area (Å²) in [6.07, 6.45) is 2.39. The Bertz CT molecular complexity index is 324. The third-order valence-electron chi connectivity index (χ3n) is 3.25. The van der Waals surface area contributed by atoms with Crippen molar-refractivity contribution in [3.05, 3.63) is 29.8 Å². The third-order valence-corrected chi connectivity index (χ3v) is 3.25. The lowest BCUT2D eigenvalue weighted by Crippen LogP contribution is -2.18. The minimum absolute atomic E-state index is 0.422. The summed E-state index contributed by atoms with van der Waals surface area (Å²) in [4.78, 5) is 0. The molecule has 17 heavy (non-hydrogen) atoms. The summed E-state index contributed by atoms with van der Waals surface area (Å²) >= 11 is 0. The predicted molar refractivity (Wildman–Crippen MR) is 73.5 cm³/mol. The molecule has 1 aromatic rings. The zero-order valence-electron chi connectivity index (χ0n) is 11.5. The van der Waals surface area contributed by atoms with E-state index >= 15 is 0 Å². The maximum absolute atomic E-state index is 5.54. The molecule has 2 nitrogen and oxygen atoms in total. The second-order valence-corrected chi connectivity index (χ2v) is 4.60. The first-order valence-electron chi connectivity index (χ1n) is 6.61. The van der Waals surface area contributed by atoms with Gasteiger partial charge in [-0.2, -0.15) is 0 Å². The van der Waals surface area contributed by atoms with Crippen LogP contribution >= 0.6 is 0 Å². The largest absolute Gasteiger partial charge is 0.494 e. The van der Waals surface area contributed by atoms with Crippen molar-refractivity contribution in [1.82, 2.24) is 5.32 Å². The van der Waals surface area contributed by atoms with Crippen LogP contribution in [-0.4, -0.2) is 13.7 Å². The molecular formula is C15H25NO. The molecule has 0 heterocycles. The monoisotopic (exact) mass is 235 g/mol. The molecule has 0 amide bonds. The number of rotatable bonds is 7. The second kappa shape index (κ2) is 7.33. The van der Waals surface area contributed by atoms with Crippen molar-refractivity contribution in [1.29, 1.82) is 0 Å². The lowest BCUT2D eigenvalue weighted by Gasteiger charge is -2.20. The van der Waals surface area contributed by atoms with E-state index in [0.29, 0.717) is 6.04 Å². The molecular weight excluding hydrogens is 210 g/mol. The molecule has 0 fully saturated rings. The van der Waals surface area contributed by atoms with Gasteiger partial charge in [0.2, 0.25) is 0 Å². The summed E-state index contributed by atoms with van der Waals surface area (Å²) in [5.41, 5.74) is 1.32. The van der Waals surface area contributed by atoms with Crippen LogP contribution < -0.4 is 10.1 Å². The van der Waals surface area contributed by atoms with Gasteiger partial charge >= 0.3 is 0 Å². The molecule has 1 rings (SSSR count). The molecule has 0 aromatic heterocycles. The van der Waals surface area contributed by atoms with E-state index in [0.717, 1.165) is 18.3 Å². The van der Waals surface area contributed by atoms with Crippen molar-refractivity contribution in [3.8, 4) is 5.75 Å². The smallest absolute Gasteiger partial charge is 0.119 e. The molecule has 0 saturated heterocycles. The highest BCUT2D eigenvalue weighted by molar-refractivity contribution is 5.30. The molecule has 0 aliphatic heterocycles. The van der Waals surface area contributed by atoms with Gasteiger partial charge in [-0.15, -0.1) is 0 Å². The van der Waals surface area contributed by atoms with Crippen LogP contribution in [0.25, 0.3) is 0 Å². The first-order chi connectivity index (χ1) is 8.21. The van der Waals surface area contributed by atoms with Gasteiger partial charge in [-0.25, -0.2) is 0 Å². The van der Waals surface area contributed by atoms with E-state index in [4.69, 9.17) is 4.74 Å². The van der Waals surface area contributed by atoms with Gasteiger partial charge < -0.3 is 10.1 Å². The minimum atomic E-state index is 0.422. The maximum Gasteiger partial charge on any atom is 0.119 e. The fourth-order valence-electron chi connectivity index (χ4n) is 1.98. The molecule has 0 aliphatic carbocycles. The lowest BCUT2D eigenvalue weighted by molar-refractivity contribution is 0.338. The molecule has 2 atom stereocenters. The predicted octanol–water partition coefficient (Wildman–Crippen LogP) is 3.78. The zero-order chi connectivity index (χ0) is 12.7. The van der Waals surface area contributed by atoms with Crippen LogP contribution in [0.4, 0.5) is 0 Å². The Balaban J connectivity index is 2.76. The lowest BCUT2D eigenvalue weighted by atomic mass is 9.94. The highest BCUT2D eigenvalue weighted by atomic mass is 16.5.